The van der Waals surface area contributed by atoms with E-state index in [0.717, 1.165) is 5.75 Å². The molecule has 1 amide bonds. The van der Waals surface area contributed by atoms with Crippen molar-refractivity contribution in [3.05, 3.63) is 12.3 Å². The number of thioether (sulfide) groups is 1. The molecule has 2 nitrogen and oxygen atoms in total. The van der Waals surface area contributed by atoms with E-state index < -0.39 is 0 Å². The van der Waals surface area contributed by atoms with Crippen LogP contribution in [0.15, 0.2) is 6.08 Å². The summed E-state index contributed by atoms with van der Waals surface area (Å²) in [6.07, 6.45) is 5.52. The Bertz CT molecular complexity index is 178. The number of β-lactam (4-membered cyclic amide) rings is 1. The number of nitrogens with zero attached hydrogens (tertiary/aromatic N) is 1. The lowest BCUT2D eigenvalue weighted by Gasteiger charge is -2.38. The lowest BCUT2D eigenvalue weighted by Crippen LogP contribution is -2.48. The molecular formula is C6H6NOS. The van der Waals surface area contributed by atoms with Crippen LogP contribution in [0.4, 0.5) is 0 Å². The summed E-state index contributed by atoms with van der Waals surface area (Å²) in [5.74, 6) is 1.22. The molecule has 1 atom stereocenters. The Kier molecular flexibility index (Phi) is 1.05. The van der Waals surface area contributed by atoms with Gasteiger partial charge in [-0.05, 0) is 6.08 Å². The molecule has 1 saturated heterocycles. The molecule has 0 aromatic rings. The molecule has 2 heterocycles. The minimum absolute atomic E-state index is 0.212. The zero-order valence-electron chi connectivity index (χ0n) is 4.83. The van der Waals surface area contributed by atoms with Crippen molar-refractivity contribution in [3.8, 4) is 0 Å². The Morgan fingerprint density at radius 1 is 1.89 bits per heavy atom. The number of hydrogen-bond acceptors (Lipinski definition) is 2. The average Bonchev–Trinajstić information content (AvgIpc) is 1.86. The molecule has 0 aliphatic carbocycles. The maximum atomic E-state index is 10.7. The molecule has 2 aliphatic heterocycles. The normalized spacial score (nSPS) is 31.8. The number of rotatable bonds is 0. The molecule has 47 valence electrons. The van der Waals surface area contributed by atoms with E-state index >= 15 is 0 Å². The maximum absolute atomic E-state index is 10.7. The molecule has 0 bridgehead atoms. The van der Waals surface area contributed by atoms with Crippen LogP contribution < -0.4 is 0 Å². The van der Waals surface area contributed by atoms with Crippen LogP contribution in [0.25, 0.3) is 0 Å². The lowest BCUT2D eigenvalue weighted by molar-refractivity contribution is -0.138. The summed E-state index contributed by atoms with van der Waals surface area (Å²) in [7, 11) is 0. The van der Waals surface area contributed by atoms with Gasteiger partial charge in [0.05, 0.1) is 18.0 Å². The number of fused-ring (bicyclic) bond motifs is 1. The highest BCUT2D eigenvalue weighted by Crippen LogP contribution is 2.31. The molecule has 1 radical (unpaired) electrons. The zero-order chi connectivity index (χ0) is 6.27. The molecule has 0 aromatic carbocycles. The Labute approximate surface area is 57.9 Å². The zero-order valence-corrected chi connectivity index (χ0v) is 5.65. The van der Waals surface area contributed by atoms with Crippen molar-refractivity contribution >= 4 is 17.7 Å². The van der Waals surface area contributed by atoms with E-state index in [1.807, 2.05) is 6.08 Å². The second kappa shape index (κ2) is 1.77. The largest absolute Gasteiger partial charge is 0.298 e. The molecule has 2 aliphatic rings. The Balaban J connectivity index is 2.16. The average molecular weight is 140 g/mol. The van der Waals surface area contributed by atoms with Crippen LogP contribution in [-0.4, -0.2) is 21.9 Å². The first-order valence-corrected chi connectivity index (χ1v) is 3.94. The van der Waals surface area contributed by atoms with Crippen LogP contribution >= 0.6 is 11.8 Å². The molecule has 0 saturated carbocycles. The molecule has 3 heteroatoms. The van der Waals surface area contributed by atoms with Crippen LogP contribution in [0.2, 0.25) is 0 Å². The van der Waals surface area contributed by atoms with Gasteiger partial charge >= 0.3 is 0 Å². The minimum atomic E-state index is 0.212. The first-order valence-electron chi connectivity index (χ1n) is 2.89. The molecule has 0 N–H and O–H groups in total. The first-order chi connectivity index (χ1) is 4.38. The van der Waals surface area contributed by atoms with Gasteiger partial charge in [0.25, 0.3) is 0 Å². The van der Waals surface area contributed by atoms with E-state index in [1.165, 1.54) is 0 Å². The highest BCUT2D eigenvalue weighted by molar-refractivity contribution is 8.00. The third kappa shape index (κ3) is 0.678. The summed E-state index contributed by atoms with van der Waals surface area (Å²) in [4.78, 5) is 12.4. The van der Waals surface area contributed by atoms with Gasteiger partial charge in [-0.3, -0.25) is 9.69 Å². The van der Waals surface area contributed by atoms with Crippen LogP contribution in [-0.2, 0) is 4.79 Å². The third-order valence-corrected chi connectivity index (χ3v) is 2.63. The van der Waals surface area contributed by atoms with Crippen LogP contribution in [0, 0.1) is 6.20 Å². The topological polar surface area (TPSA) is 20.3 Å². The van der Waals surface area contributed by atoms with Crippen molar-refractivity contribution < 1.29 is 4.79 Å². The van der Waals surface area contributed by atoms with E-state index in [0.29, 0.717) is 11.8 Å². The molecule has 1 unspecified atom stereocenters. The standard InChI is InChI=1S/C6H6NOS/c8-5-4-6-7(5)2-1-3-9-6/h1,6H,3-4H2. The summed E-state index contributed by atoms with van der Waals surface area (Å²) in [6.45, 7) is 0. The molecule has 0 aromatic heterocycles. The Hall–Kier alpha value is -0.440. The van der Waals surface area contributed by atoms with Crippen LogP contribution in [0.3, 0.4) is 0 Å². The highest BCUT2D eigenvalue weighted by Gasteiger charge is 2.36. The Morgan fingerprint density at radius 3 is 3.33 bits per heavy atom. The minimum Gasteiger partial charge on any atom is -0.298 e. The fourth-order valence-electron chi connectivity index (χ4n) is 0.971. The molecule has 0 spiro atoms. The van der Waals surface area contributed by atoms with E-state index in [2.05, 4.69) is 6.20 Å². The second-order valence-corrected chi connectivity index (χ2v) is 3.30. The number of hydrogen-bond donors (Lipinski definition) is 0. The number of carbonyl (C=O) groups excluding carboxylic acids is 1. The summed E-state index contributed by atoms with van der Waals surface area (Å²) in [5, 5.41) is 0.419. The van der Waals surface area contributed by atoms with Crippen LogP contribution in [0.1, 0.15) is 6.42 Å². The van der Waals surface area contributed by atoms with E-state index in [4.69, 9.17) is 0 Å². The Morgan fingerprint density at radius 2 is 2.78 bits per heavy atom. The predicted octanol–water partition coefficient (Wildman–Crippen LogP) is 0.608. The number of carbonyl (C=O) groups is 1. The van der Waals surface area contributed by atoms with E-state index in [-0.39, 0.29) is 5.91 Å². The van der Waals surface area contributed by atoms with Crippen molar-refractivity contribution in [1.29, 1.82) is 0 Å². The highest BCUT2D eigenvalue weighted by atomic mass is 32.2. The summed E-state index contributed by atoms with van der Waals surface area (Å²) in [6, 6.07) is 0. The smallest absolute Gasteiger partial charge is 0.230 e. The van der Waals surface area contributed by atoms with Gasteiger partial charge < -0.3 is 0 Å². The first kappa shape index (κ1) is 5.35. The van der Waals surface area contributed by atoms with Crippen molar-refractivity contribution in [1.82, 2.24) is 4.90 Å². The van der Waals surface area contributed by atoms with Gasteiger partial charge in [0.15, 0.2) is 0 Å². The van der Waals surface area contributed by atoms with Gasteiger partial charge in [0.2, 0.25) is 5.91 Å². The van der Waals surface area contributed by atoms with Crippen molar-refractivity contribution in [3.63, 3.8) is 0 Å². The van der Waals surface area contributed by atoms with Gasteiger partial charge in [-0.2, -0.15) is 0 Å². The maximum Gasteiger partial charge on any atom is 0.230 e. The van der Waals surface area contributed by atoms with Gasteiger partial charge in [0.1, 0.15) is 0 Å². The summed E-state index contributed by atoms with van der Waals surface area (Å²) >= 11 is 1.80. The van der Waals surface area contributed by atoms with Gasteiger partial charge in [0, 0.05) is 5.75 Å². The number of amides is 1. The van der Waals surface area contributed by atoms with Crippen molar-refractivity contribution in [2.45, 2.75) is 11.8 Å². The molecule has 9 heavy (non-hydrogen) atoms. The van der Waals surface area contributed by atoms with Gasteiger partial charge in [-0.15, -0.1) is 11.8 Å². The molecular weight excluding hydrogens is 134 g/mol. The second-order valence-electron chi connectivity index (χ2n) is 2.09. The monoisotopic (exact) mass is 140 g/mol. The SMILES string of the molecule is O=C1CC2SCC=[C]N12. The van der Waals surface area contributed by atoms with Gasteiger partial charge in [-0.1, -0.05) is 0 Å². The van der Waals surface area contributed by atoms with Crippen LogP contribution in [0.5, 0.6) is 0 Å². The third-order valence-electron chi connectivity index (χ3n) is 1.51. The quantitative estimate of drug-likeness (QED) is 0.459. The summed E-state index contributed by atoms with van der Waals surface area (Å²) < 4.78 is 0. The van der Waals surface area contributed by atoms with Gasteiger partial charge in [-0.25, -0.2) is 0 Å². The van der Waals surface area contributed by atoms with E-state index in [1.54, 1.807) is 16.7 Å². The van der Waals surface area contributed by atoms with E-state index in [9.17, 15) is 4.79 Å². The lowest BCUT2D eigenvalue weighted by atomic mass is 10.2. The fraction of sp³-hybridized carbons (Fsp3) is 0.500. The van der Waals surface area contributed by atoms with Crippen molar-refractivity contribution in [2.24, 2.45) is 0 Å². The molecule has 2 rings (SSSR count). The van der Waals surface area contributed by atoms with Crippen molar-refractivity contribution in [2.75, 3.05) is 5.75 Å². The predicted molar refractivity (Wildman–Crippen MR) is 35.5 cm³/mol. The summed E-state index contributed by atoms with van der Waals surface area (Å²) in [5.41, 5.74) is 0. The molecule has 1 fully saturated rings. The fourth-order valence-corrected chi connectivity index (χ4v) is 1.95.